The van der Waals surface area contributed by atoms with Gasteiger partial charge in [0.1, 0.15) is 0 Å². The summed E-state index contributed by atoms with van der Waals surface area (Å²) >= 11 is 6.25. The Kier molecular flexibility index (Phi) is 2.97. The van der Waals surface area contributed by atoms with Gasteiger partial charge in [-0.3, -0.25) is 0 Å². The van der Waals surface area contributed by atoms with Crippen LogP contribution in [0.4, 0.5) is 5.69 Å². The fraction of sp³-hybridized carbons (Fsp3) is 0.500. The lowest BCUT2D eigenvalue weighted by Gasteiger charge is -2.22. The molecule has 1 fully saturated rings. The highest BCUT2D eigenvalue weighted by molar-refractivity contribution is 6.33. The zero-order valence-corrected chi connectivity index (χ0v) is 9.35. The molecule has 14 heavy (non-hydrogen) atoms. The van der Waals surface area contributed by atoms with Gasteiger partial charge in [0.05, 0.1) is 10.7 Å². The predicted octanol–water partition coefficient (Wildman–Crippen LogP) is 3.50. The molecule has 76 valence electrons. The molecule has 1 heterocycles. The van der Waals surface area contributed by atoms with Gasteiger partial charge in [-0.15, -0.1) is 0 Å². The molecule has 0 spiro atoms. The van der Waals surface area contributed by atoms with E-state index in [4.69, 9.17) is 11.6 Å². The average Bonchev–Trinajstić information content (AvgIpc) is 2.70. The average molecular weight is 210 g/mol. The van der Waals surface area contributed by atoms with Gasteiger partial charge in [-0.1, -0.05) is 30.7 Å². The van der Waals surface area contributed by atoms with E-state index in [1.54, 1.807) is 0 Å². The van der Waals surface area contributed by atoms with Crippen molar-refractivity contribution in [1.82, 2.24) is 0 Å². The van der Waals surface area contributed by atoms with Crippen LogP contribution in [-0.4, -0.2) is 13.1 Å². The number of para-hydroxylation sites is 1. The van der Waals surface area contributed by atoms with Crippen molar-refractivity contribution in [3.8, 4) is 0 Å². The van der Waals surface area contributed by atoms with E-state index in [9.17, 15) is 0 Å². The minimum absolute atomic E-state index is 0.909. The van der Waals surface area contributed by atoms with Crippen LogP contribution in [-0.2, 0) is 6.42 Å². The third-order valence-corrected chi connectivity index (χ3v) is 3.18. The van der Waals surface area contributed by atoms with Crippen LogP contribution in [0.5, 0.6) is 0 Å². The molecule has 1 aromatic carbocycles. The fourth-order valence-corrected chi connectivity index (χ4v) is 2.45. The molecule has 0 atom stereocenters. The van der Waals surface area contributed by atoms with Crippen LogP contribution in [0.2, 0.25) is 5.02 Å². The highest BCUT2D eigenvalue weighted by atomic mass is 35.5. The second kappa shape index (κ2) is 4.22. The highest BCUT2D eigenvalue weighted by Crippen LogP contribution is 2.32. The van der Waals surface area contributed by atoms with Gasteiger partial charge in [-0.05, 0) is 30.9 Å². The minimum atomic E-state index is 0.909. The number of rotatable bonds is 2. The number of nitrogens with zero attached hydrogens (tertiary/aromatic N) is 1. The van der Waals surface area contributed by atoms with Crippen LogP contribution in [0.15, 0.2) is 18.2 Å². The summed E-state index contributed by atoms with van der Waals surface area (Å²) < 4.78 is 0. The minimum Gasteiger partial charge on any atom is -0.370 e. The molecule has 0 radical (unpaired) electrons. The standard InChI is InChI=1S/C12H16ClN/c1-2-10-6-5-7-11(13)12(10)14-8-3-4-9-14/h5-7H,2-4,8-9H2,1H3. The van der Waals surface area contributed by atoms with Crippen LogP contribution >= 0.6 is 11.6 Å². The van der Waals surface area contributed by atoms with Gasteiger partial charge in [-0.2, -0.15) is 0 Å². The smallest absolute Gasteiger partial charge is 0.0642 e. The summed E-state index contributed by atoms with van der Waals surface area (Å²) in [4.78, 5) is 2.42. The number of halogens is 1. The number of hydrogen-bond acceptors (Lipinski definition) is 1. The van der Waals surface area contributed by atoms with Crippen LogP contribution in [0.1, 0.15) is 25.3 Å². The lowest BCUT2D eigenvalue weighted by Crippen LogP contribution is -2.19. The zero-order chi connectivity index (χ0) is 9.97. The van der Waals surface area contributed by atoms with Crippen molar-refractivity contribution in [1.29, 1.82) is 0 Å². The molecule has 2 rings (SSSR count). The fourth-order valence-electron chi connectivity index (χ4n) is 2.14. The first-order chi connectivity index (χ1) is 6.83. The van der Waals surface area contributed by atoms with Gasteiger partial charge in [0, 0.05) is 13.1 Å². The van der Waals surface area contributed by atoms with E-state index in [1.165, 1.54) is 24.1 Å². The molecule has 0 aromatic heterocycles. The molecule has 1 saturated heterocycles. The normalized spacial score (nSPS) is 16.3. The molecule has 1 aliphatic heterocycles. The molecule has 0 unspecified atom stereocenters. The number of anilines is 1. The molecular weight excluding hydrogens is 194 g/mol. The van der Waals surface area contributed by atoms with Crippen LogP contribution in [0.25, 0.3) is 0 Å². The Morgan fingerprint density at radius 3 is 2.64 bits per heavy atom. The maximum absolute atomic E-state index is 6.25. The van der Waals surface area contributed by atoms with E-state index in [0.29, 0.717) is 0 Å². The summed E-state index contributed by atoms with van der Waals surface area (Å²) in [5, 5.41) is 0.909. The van der Waals surface area contributed by atoms with Gasteiger partial charge in [-0.25, -0.2) is 0 Å². The summed E-state index contributed by atoms with van der Waals surface area (Å²) in [6, 6.07) is 6.22. The van der Waals surface area contributed by atoms with Gasteiger partial charge in [0.2, 0.25) is 0 Å². The third-order valence-electron chi connectivity index (χ3n) is 2.87. The van der Waals surface area contributed by atoms with Gasteiger partial charge in [0.15, 0.2) is 0 Å². The molecule has 0 amide bonds. The van der Waals surface area contributed by atoms with Crippen molar-refractivity contribution in [2.45, 2.75) is 26.2 Å². The topological polar surface area (TPSA) is 3.24 Å². The predicted molar refractivity (Wildman–Crippen MR) is 62.3 cm³/mol. The Morgan fingerprint density at radius 2 is 2.00 bits per heavy atom. The lowest BCUT2D eigenvalue weighted by molar-refractivity contribution is 0.948. The highest BCUT2D eigenvalue weighted by Gasteiger charge is 2.17. The molecular formula is C12H16ClN. The van der Waals surface area contributed by atoms with Gasteiger partial charge >= 0.3 is 0 Å². The Morgan fingerprint density at radius 1 is 1.29 bits per heavy atom. The summed E-state index contributed by atoms with van der Waals surface area (Å²) in [7, 11) is 0. The second-order valence-electron chi connectivity index (χ2n) is 3.80. The molecule has 1 nitrogen and oxygen atoms in total. The Balaban J connectivity index is 2.37. The molecule has 0 bridgehead atoms. The van der Waals surface area contributed by atoms with E-state index < -0.39 is 0 Å². The first-order valence-corrected chi connectivity index (χ1v) is 5.73. The quantitative estimate of drug-likeness (QED) is 0.721. The summed E-state index contributed by atoms with van der Waals surface area (Å²) in [5.41, 5.74) is 2.65. The van der Waals surface area contributed by atoms with Crippen molar-refractivity contribution in [2.75, 3.05) is 18.0 Å². The van der Waals surface area contributed by atoms with Crippen molar-refractivity contribution in [3.05, 3.63) is 28.8 Å². The van der Waals surface area contributed by atoms with E-state index in [2.05, 4.69) is 17.9 Å². The maximum Gasteiger partial charge on any atom is 0.0642 e. The van der Waals surface area contributed by atoms with Crippen molar-refractivity contribution < 1.29 is 0 Å². The van der Waals surface area contributed by atoms with Crippen LogP contribution < -0.4 is 4.90 Å². The Hall–Kier alpha value is -0.690. The third kappa shape index (κ3) is 1.74. The lowest BCUT2D eigenvalue weighted by atomic mass is 10.1. The summed E-state index contributed by atoms with van der Waals surface area (Å²) in [6.07, 6.45) is 3.66. The molecule has 0 N–H and O–H groups in total. The first kappa shape index (κ1) is 9.85. The number of benzene rings is 1. The molecule has 0 saturated carbocycles. The van der Waals surface area contributed by atoms with E-state index in [-0.39, 0.29) is 0 Å². The Labute approximate surface area is 90.7 Å². The van der Waals surface area contributed by atoms with E-state index in [0.717, 1.165) is 24.5 Å². The van der Waals surface area contributed by atoms with Crippen LogP contribution in [0.3, 0.4) is 0 Å². The molecule has 2 heteroatoms. The van der Waals surface area contributed by atoms with Crippen molar-refractivity contribution >= 4 is 17.3 Å². The largest absolute Gasteiger partial charge is 0.370 e. The summed E-state index contributed by atoms with van der Waals surface area (Å²) in [5.74, 6) is 0. The maximum atomic E-state index is 6.25. The number of aryl methyl sites for hydroxylation is 1. The van der Waals surface area contributed by atoms with Crippen LogP contribution in [0, 0.1) is 0 Å². The molecule has 0 aliphatic carbocycles. The monoisotopic (exact) mass is 209 g/mol. The first-order valence-electron chi connectivity index (χ1n) is 5.35. The zero-order valence-electron chi connectivity index (χ0n) is 8.59. The second-order valence-corrected chi connectivity index (χ2v) is 4.20. The SMILES string of the molecule is CCc1cccc(Cl)c1N1CCCC1. The van der Waals surface area contributed by atoms with Crippen molar-refractivity contribution in [3.63, 3.8) is 0 Å². The Bertz CT molecular complexity index is 316. The molecule has 1 aliphatic rings. The van der Waals surface area contributed by atoms with E-state index in [1.807, 2.05) is 12.1 Å². The summed E-state index contributed by atoms with van der Waals surface area (Å²) in [6.45, 7) is 4.51. The van der Waals surface area contributed by atoms with E-state index >= 15 is 0 Å². The van der Waals surface area contributed by atoms with Gasteiger partial charge < -0.3 is 4.90 Å². The van der Waals surface area contributed by atoms with Gasteiger partial charge in [0.25, 0.3) is 0 Å². The van der Waals surface area contributed by atoms with Crippen molar-refractivity contribution in [2.24, 2.45) is 0 Å². The number of hydrogen-bond donors (Lipinski definition) is 0. The molecule has 1 aromatic rings.